The Morgan fingerprint density at radius 2 is 1.56 bits per heavy atom. The largest absolute Gasteiger partial charge is 0.480 e. The smallest absolute Gasteiger partial charge is 0.416 e. The highest BCUT2D eigenvalue weighted by atomic mass is 19.4. The Kier molecular flexibility index (Phi) is 7.75. The van der Waals surface area contributed by atoms with Gasteiger partial charge in [-0.1, -0.05) is 12.1 Å². The lowest BCUT2D eigenvalue weighted by Crippen LogP contribution is -2.50. The lowest BCUT2D eigenvalue weighted by Gasteiger charge is -2.33. The second-order valence-corrected chi connectivity index (χ2v) is 8.06. The Balaban J connectivity index is 1.98. The molecule has 1 atom stereocenters. The van der Waals surface area contributed by atoms with Crippen LogP contribution >= 0.6 is 0 Å². The Hall–Kier alpha value is -3.83. The third-order valence-corrected chi connectivity index (χ3v) is 5.53. The fourth-order valence-electron chi connectivity index (χ4n) is 3.71. The van der Waals surface area contributed by atoms with E-state index >= 15 is 0 Å². The number of hydrogen-bond acceptors (Lipinski definition) is 3. The van der Waals surface area contributed by atoms with E-state index in [1.807, 2.05) is 0 Å². The van der Waals surface area contributed by atoms with Gasteiger partial charge in [0.15, 0.2) is 0 Å². The third kappa shape index (κ3) is 6.43. The number of carbonyl (C=O) groups excluding carboxylic acids is 2. The summed E-state index contributed by atoms with van der Waals surface area (Å²) in [6.45, 7) is 0.0336. The molecular formula is C24H20F6N2O4. The van der Waals surface area contributed by atoms with Crippen LogP contribution in [0.3, 0.4) is 0 Å². The molecular weight excluding hydrogens is 494 g/mol. The number of rotatable bonds is 5. The van der Waals surface area contributed by atoms with Crippen LogP contribution in [0.25, 0.3) is 6.08 Å². The third-order valence-electron chi connectivity index (χ3n) is 5.53. The lowest BCUT2D eigenvalue weighted by molar-refractivity contribution is -0.150. The number of likely N-dealkylation sites (tertiary alicyclic amines) is 1. The highest BCUT2D eigenvalue weighted by Crippen LogP contribution is 2.31. The number of alkyl halides is 6. The number of carbonyl (C=O) groups is 3. The van der Waals surface area contributed by atoms with Crippen molar-refractivity contribution in [3.63, 3.8) is 0 Å². The number of benzene rings is 2. The first-order valence-corrected chi connectivity index (χ1v) is 10.7. The van der Waals surface area contributed by atoms with Gasteiger partial charge in [-0.2, -0.15) is 26.3 Å². The van der Waals surface area contributed by atoms with E-state index in [1.54, 1.807) is 0 Å². The van der Waals surface area contributed by atoms with Crippen molar-refractivity contribution < 1.29 is 45.8 Å². The molecule has 3 rings (SSSR count). The maximum absolute atomic E-state index is 13.3. The molecule has 2 aromatic rings. The second kappa shape index (κ2) is 10.4. The zero-order valence-electron chi connectivity index (χ0n) is 18.5. The van der Waals surface area contributed by atoms with Crippen LogP contribution in [0.15, 0.2) is 54.2 Å². The van der Waals surface area contributed by atoms with Crippen LogP contribution in [-0.4, -0.2) is 40.4 Å². The van der Waals surface area contributed by atoms with Gasteiger partial charge in [-0.15, -0.1) is 0 Å². The van der Waals surface area contributed by atoms with Gasteiger partial charge in [0.2, 0.25) is 0 Å². The van der Waals surface area contributed by atoms with Crippen molar-refractivity contribution in [1.29, 1.82) is 0 Å². The molecule has 0 bridgehead atoms. The predicted octanol–water partition coefficient (Wildman–Crippen LogP) is 4.96. The van der Waals surface area contributed by atoms with Crippen molar-refractivity contribution in [1.82, 2.24) is 10.2 Å². The number of carboxylic acid groups (broad SMARTS) is 1. The number of aliphatic carboxylic acids is 1. The highest BCUT2D eigenvalue weighted by molar-refractivity contribution is 6.06. The molecule has 12 heteroatoms. The van der Waals surface area contributed by atoms with Gasteiger partial charge >= 0.3 is 18.3 Å². The van der Waals surface area contributed by atoms with Crippen molar-refractivity contribution >= 4 is 23.9 Å². The fourth-order valence-corrected chi connectivity index (χ4v) is 3.71. The topological polar surface area (TPSA) is 86.7 Å². The van der Waals surface area contributed by atoms with Crippen molar-refractivity contribution in [3.05, 3.63) is 76.5 Å². The van der Waals surface area contributed by atoms with Gasteiger partial charge in [0.1, 0.15) is 11.7 Å². The Bertz CT molecular complexity index is 1170. The number of nitrogens with one attached hydrogen (secondary N) is 1. The zero-order valence-corrected chi connectivity index (χ0v) is 18.5. The van der Waals surface area contributed by atoms with Crippen LogP contribution in [-0.2, 0) is 21.9 Å². The Morgan fingerprint density at radius 3 is 2.14 bits per heavy atom. The van der Waals surface area contributed by atoms with Gasteiger partial charge in [0.25, 0.3) is 11.8 Å². The molecule has 0 radical (unpaired) electrons. The summed E-state index contributed by atoms with van der Waals surface area (Å²) in [4.78, 5) is 38.6. The number of amides is 2. The standard InChI is InChI=1S/C24H20F6N2O4/c25-23(26,27)16-9-7-15(8-10-16)20(33)31-18(13-14-4-3-5-17(12-14)24(28,29)30)21(34)32-11-2-1-6-19(32)22(35)36/h3-5,7-10,12-13,19H,1-2,6,11H2,(H,31,33)(H,35,36)/b18-13+. The van der Waals surface area contributed by atoms with E-state index in [2.05, 4.69) is 5.32 Å². The van der Waals surface area contributed by atoms with Crippen molar-refractivity contribution in [2.45, 2.75) is 37.7 Å². The molecule has 1 fully saturated rings. The van der Waals surface area contributed by atoms with E-state index in [-0.39, 0.29) is 24.1 Å². The molecule has 0 aromatic heterocycles. The van der Waals surface area contributed by atoms with Crippen molar-refractivity contribution in [3.8, 4) is 0 Å². The molecule has 1 unspecified atom stereocenters. The summed E-state index contributed by atoms with van der Waals surface area (Å²) < 4.78 is 77.8. The summed E-state index contributed by atoms with van der Waals surface area (Å²) in [5.41, 5.74) is -2.90. The van der Waals surface area contributed by atoms with E-state index in [9.17, 15) is 45.8 Å². The zero-order chi connectivity index (χ0) is 26.7. The highest BCUT2D eigenvalue weighted by Gasteiger charge is 2.35. The lowest BCUT2D eigenvalue weighted by atomic mass is 10.0. The summed E-state index contributed by atoms with van der Waals surface area (Å²) in [5.74, 6) is -3.23. The molecule has 0 saturated carbocycles. The Morgan fingerprint density at radius 1 is 0.917 bits per heavy atom. The molecule has 36 heavy (non-hydrogen) atoms. The molecule has 0 aliphatic carbocycles. The first-order valence-electron chi connectivity index (χ1n) is 10.7. The molecule has 192 valence electrons. The van der Waals surface area contributed by atoms with E-state index in [0.717, 1.165) is 41.3 Å². The minimum atomic E-state index is -4.68. The minimum Gasteiger partial charge on any atom is -0.480 e. The maximum Gasteiger partial charge on any atom is 0.416 e. The van der Waals surface area contributed by atoms with Crippen LogP contribution in [0.1, 0.15) is 46.3 Å². The van der Waals surface area contributed by atoms with E-state index < -0.39 is 53.0 Å². The summed E-state index contributed by atoms with van der Waals surface area (Å²) in [7, 11) is 0. The normalized spacial score (nSPS) is 17.0. The molecule has 2 amide bonds. The SMILES string of the molecule is O=C(N/C(=C/c1cccc(C(F)(F)F)c1)C(=O)N1CCCCC1C(=O)O)c1ccc(C(F)(F)F)cc1. The van der Waals surface area contributed by atoms with E-state index in [0.29, 0.717) is 25.0 Å². The fraction of sp³-hybridized carbons (Fsp3) is 0.292. The van der Waals surface area contributed by atoms with E-state index in [4.69, 9.17) is 0 Å². The Labute approximate surface area is 201 Å². The molecule has 2 N–H and O–H groups in total. The van der Waals surface area contributed by atoms with Crippen molar-refractivity contribution in [2.75, 3.05) is 6.54 Å². The summed E-state index contributed by atoms with van der Waals surface area (Å²) in [6.07, 6.45) is -7.21. The van der Waals surface area contributed by atoms with Crippen LogP contribution in [0, 0.1) is 0 Å². The molecule has 1 aliphatic heterocycles. The van der Waals surface area contributed by atoms with Crippen LogP contribution in [0.4, 0.5) is 26.3 Å². The number of piperidine rings is 1. The van der Waals surface area contributed by atoms with Crippen LogP contribution in [0.2, 0.25) is 0 Å². The number of nitrogens with zero attached hydrogens (tertiary/aromatic N) is 1. The minimum absolute atomic E-state index is 0.0336. The first-order chi connectivity index (χ1) is 16.8. The molecule has 1 heterocycles. The monoisotopic (exact) mass is 514 g/mol. The van der Waals surface area contributed by atoms with Gasteiger partial charge in [-0.3, -0.25) is 9.59 Å². The van der Waals surface area contributed by atoms with Gasteiger partial charge in [0, 0.05) is 12.1 Å². The van der Waals surface area contributed by atoms with Gasteiger partial charge < -0.3 is 15.3 Å². The summed E-state index contributed by atoms with van der Waals surface area (Å²) >= 11 is 0. The van der Waals surface area contributed by atoms with Crippen LogP contribution in [0.5, 0.6) is 0 Å². The number of hydrogen-bond donors (Lipinski definition) is 2. The molecule has 6 nitrogen and oxygen atoms in total. The van der Waals surface area contributed by atoms with Gasteiger partial charge in [-0.25, -0.2) is 4.79 Å². The number of halogens is 6. The first kappa shape index (κ1) is 26.8. The molecule has 2 aromatic carbocycles. The predicted molar refractivity (Wildman–Crippen MR) is 115 cm³/mol. The van der Waals surface area contributed by atoms with Crippen LogP contribution < -0.4 is 5.32 Å². The second-order valence-electron chi connectivity index (χ2n) is 8.06. The average Bonchev–Trinajstić information content (AvgIpc) is 2.82. The number of carboxylic acids is 1. The van der Waals surface area contributed by atoms with E-state index in [1.165, 1.54) is 6.07 Å². The van der Waals surface area contributed by atoms with Gasteiger partial charge in [0.05, 0.1) is 11.1 Å². The maximum atomic E-state index is 13.3. The quantitative estimate of drug-likeness (QED) is 0.436. The van der Waals surface area contributed by atoms with Gasteiger partial charge in [-0.05, 0) is 67.3 Å². The summed E-state index contributed by atoms with van der Waals surface area (Å²) in [6, 6.07) is 5.77. The average molecular weight is 514 g/mol. The van der Waals surface area contributed by atoms with Crippen molar-refractivity contribution in [2.24, 2.45) is 0 Å². The molecule has 0 spiro atoms. The molecule has 1 aliphatic rings. The molecule has 1 saturated heterocycles. The summed E-state index contributed by atoms with van der Waals surface area (Å²) in [5, 5.41) is 11.7.